The highest BCUT2D eigenvalue weighted by atomic mass is 19.4. The predicted molar refractivity (Wildman–Crippen MR) is 47.5 cm³/mol. The van der Waals surface area contributed by atoms with Crippen molar-refractivity contribution in [1.82, 2.24) is 0 Å². The quantitative estimate of drug-likeness (QED) is 0.801. The first-order valence-electron chi connectivity index (χ1n) is 3.92. The summed E-state index contributed by atoms with van der Waals surface area (Å²) >= 11 is 0. The molecule has 1 rings (SSSR count). The summed E-state index contributed by atoms with van der Waals surface area (Å²) in [6.07, 6.45) is -4.37. The van der Waals surface area contributed by atoms with E-state index in [0.29, 0.717) is 0 Å². The number of ether oxygens (including phenoxy) is 1. The Labute approximate surface area is 79.7 Å². The van der Waals surface area contributed by atoms with Crippen LogP contribution >= 0.6 is 0 Å². The van der Waals surface area contributed by atoms with Gasteiger partial charge in [0.2, 0.25) is 0 Å². The van der Waals surface area contributed by atoms with Crippen LogP contribution < -0.4 is 10.1 Å². The Morgan fingerprint density at radius 3 is 2.36 bits per heavy atom. The summed E-state index contributed by atoms with van der Waals surface area (Å²) in [4.78, 5) is 0. The van der Waals surface area contributed by atoms with Crippen LogP contribution in [0.4, 0.5) is 18.9 Å². The minimum atomic E-state index is -4.37. The standard InChI is InChI=1S/C9H10F3NO/c1-13-8-6(9(10,11)12)4-3-5-7(8)14-2/h3-5,13H,1-2H3. The van der Waals surface area contributed by atoms with Crippen molar-refractivity contribution in [3.63, 3.8) is 0 Å². The molecule has 1 aromatic rings. The van der Waals surface area contributed by atoms with E-state index in [0.717, 1.165) is 6.07 Å². The van der Waals surface area contributed by atoms with Gasteiger partial charge in [-0.1, -0.05) is 6.07 Å². The summed E-state index contributed by atoms with van der Waals surface area (Å²) in [5.74, 6) is 0.183. The van der Waals surface area contributed by atoms with Gasteiger partial charge in [0.15, 0.2) is 0 Å². The van der Waals surface area contributed by atoms with E-state index < -0.39 is 11.7 Å². The molecule has 14 heavy (non-hydrogen) atoms. The topological polar surface area (TPSA) is 21.3 Å². The van der Waals surface area contributed by atoms with Crippen LogP contribution in [0.3, 0.4) is 0 Å². The number of hydrogen-bond acceptors (Lipinski definition) is 2. The van der Waals surface area contributed by atoms with E-state index in [1.807, 2.05) is 0 Å². The second-order valence-electron chi connectivity index (χ2n) is 2.63. The second kappa shape index (κ2) is 3.77. The maximum atomic E-state index is 12.5. The molecule has 0 aliphatic rings. The summed E-state index contributed by atoms with van der Waals surface area (Å²) in [6, 6.07) is 3.79. The number of hydrogen-bond donors (Lipinski definition) is 1. The average Bonchev–Trinajstić information content (AvgIpc) is 2.15. The number of benzene rings is 1. The number of rotatable bonds is 2. The lowest BCUT2D eigenvalue weighted by molar-refractivity contribution is -0.137. The minimum Gasteiger partial charge on any atom is -0.495 e. The lowest BCUT2D eigenvalue weighted by Gasteiger charge is -2.15. The normalized spacial score (nSPS) is 11.2. The third-order valence-electron chi connectivity index (χ3n) is 1.80. The lowest BCUT2D eigenvalue weighted by Crippen LogP contribution is -2.09. The van der Waals surface area contributed by atoms with E-state index in [-0.39, 0.29) is 11.4 Å². The molecule has 0 aliphatic carbocycles. The largest absolute Gasteiger partial charge is 0.495 e. The number of anilines is 1. The molecule has 2 nitrogen and oxygen atoms in total. The zero-order valence-corrected chi connectivity index (χ0v) is 7.77. The number of alkyl halides is 3. The van der Waals surface area contributed by atoms with Crippen LogP contribution in [-0.2, 0) is 6.18 Å². The van der Waals surface area contributed by atoms with Gasteiger partial charge in [-0.25, -0.2) is 0 Å². The zero-order valence-electron chi connectivity index (χ0n) is 7.77. The highest BCUT2D eigenvalue weighted by Crippen LogP contribution is 2.39. The van der Waals surface area contributed by atoms with Gasteiger partial charge in [-0.05, 0) is 12.1 Å². The molecule has 0 bridgehead atoms. The average molecular weight is 205 g/mol. The van der Waals surface area contributed by atoms with Crippen LogP contribution in [0.25, 0.3) is 0 Å². The molecule has 0 heterocycles. The monoisotopic (exact) mass is 205 g/mol. The Morgan fingerprint density at radius 2 is 1.93 bits per heavy atom. The number of para-hydroxylation sites is 1. The Bertz CT molecular complexity index is 322. The maximum absolute atomic E-state index is 12.5. The van der Waals surface area contributed by atoms with E-state index in [2.05, 4.69) is 5.32 Å². The van der Waals surface area contributed by atoms with Crippen molar-refractivity contribution in [1.29, 1.82) is 0 Å². The SMILES string of the molecule is CNc1c(OC)cccc1C(F)(F)F. The van der Waals surface area contributed by atoms with Gasteiger partial charge < -0.3 is 10.1 Å². The number of methoxy groups -OCH3 is 1. The van der Waals surface area contributed by atoms with Crippen LogP contribution in [0.2, 0.25) is 0 Å². The van der Waals surface area contributed by atoms with E-state index in [4.69, 9.17) is 4.74 Å². The molecule has 5 heteroatoms. The van der Waals surface area contributed by atoms with Crippen molar-refractivity contribution < 1.29 is 17.9 Å². The molecule has 0 aromatic heterocycles. The van der Waals surface area contributed by atoms with Crippen molar-refractivity contribution in [3.8, 4) is 5.75 Å². The fourth-order valence-electron chi connectivity index (χ4n) is 1.20. The molecule has 0 atom stereocenters. The summed E-state index contributed by atoms with van der Waals surface area (Å²) in [5.41, 5.74) is -0.762. The molecular formula is C9H10F3NO. The predicted octanol–water partition coefficient (Wildman–Crippen LogP) is 2.76. The third kappa shape index (κ3) is 1.92. The molecule has 0 spiro atoms. The molecule has 78 valence electrons. The highest BCUT2D eigenvalue weighted by Gasteiger charge is 2.34. The first kappa shape index (κ1) is 10.7. The fraction of sp³-hybridized carbons (Fsp3) is 0.333. The Kier molecular flexibility index (Phi) is 2.88. The van der Waals surface area contributed by atoms with Gasteiger partial charge in [-0.15, -0.1) is 0 Å². The second-order valence-corrected chi connectivity index (χ2v) is 2.63. The van der Waals surface area contributed by atoms with Gasteiger partial charge in [0.1, 0.15) is 5.75 Å². The van der Waals surface area contributed by atoms with E-state index in [9.17, 15) is 13.2 Å². The first-order valence-corrected chi connectivity index (χ1v) is 3.92. The maximum Gasteiger partial charge on any atom is 0.418 e. The van der Waals surface area contributed by atoms with Crippen molar-refractivity contribution in [2.75, 3.05) is 19.5 Å². The molecule has 0 saturated heterocycles. The fourth-order valence-corrected chi connectivity index (χ4v) is 1.20. The van der Waals surface area contributed by atoms with Crippen molar-refractivity contribution in [2.45, 2.75) is 6.18 Å². The Hall–Kier alpha value is -1.39. The van der Waals surface area contributed by atoms with Crippen molar-refractivity contribution in [2.24, 2.45) is 0 Å². The van der Waals surface area contributed by atoms with Crippen molar-refractivity contribution in [3.05, 3.63) is 23.8 Å². The van der Waals surface area contributed by atoms with Gasteiger partial charge in [-0.2, -0.15) is 13.2 Å². The van der Waals surface area contributed by atoms with Crippen LogP contribution in [0.15, 0.2) is 18.2 Å². The molecule has 0 unspecified atom stereocenters. The minimum absolute atomic E-state index is 0.0394. The summed E-state index contributed by atoms with van der Waals surface area (Å²) in [6.45, 7) is 0. The van der Waals surface area contributed by atoms with Gasteiger partial charge in [0.05, 0.1) is 18.4 Å². The van der Waals surface area contributed by atoms with Crippen LogP contribution in [0.1, 0.15) is 5.56 Å². The van der Waals surface area contributed by atoms with Gasteiger partial charge in [0.25, 0.3) is 0 Å². The lowest BCUT2D eigenvalue weighted by atomic mass is 10.1. The van der Waals surface area contributed by atoms with Gasteiger partial charge in [0, 0.05) is 7.05 Å². The van der Waals surface area contributed by atoms with Crippen molar-refractivity contribution >= 4 is 5.69 Å². The zero-order chi connectivity index (χ0) is 10.8. The van der Waals surface area contributed by atoms with E-state index in [1.54, 1.807) is 0 Å². The molecular weight excluding hydrogens is 195 g/mol. The van der Waals surface area contributed by atoms with Gasteiger partial charge >= 0.3 is 6.18 Å². The summed E-state index contributed by atoms with van der Waals surface area (Å²) < 4.78 is 42.2. The van der Waals surface area contributed by atoms with Crippen LogP contribution in [0, 0.1) is 0 Å². The molecule has 1 aromatic carbocycles. The summed E-state index contributed by atoms with van der Waals surface area (Å²) in [7, 11) is 2.75. The van der Waals surface area contributed by atoms with Crippen LogP contribution in [-0.4, -0.2) is 14.2 Å². The van der Waals surface area contributed by atoms with Gasteiger partial charge in [-0.3, -0.25) is 0 Å². The number of nitrogens with one attached hydrogen (secondary N) is 1. The molecule has 0 fully saturated rings. The molecule has 0 amide bonds. The third-order valence-corrected chi connectivity index (χ3v) is 1.80. The highest BCUT2D eigenvalue weighted by molar-refractivity contribution is 5.62. The smallest absolute Gasteiger partial charge is 0.418 e. The molecule has 0 aliphatic heterocycles. The Balaban J connectivity index is 3.29. The first-order chi connectivity index (χ1) is 6.50. The summed E-state index contributed by atoms with van der Waals surface area (Å²) in [5, 5.41) is 2.48. The molecule has 1 N–H and O–H groups in total. The van der Waals surface area contributed by atoms with E-state index >= 15 is 0 Å². The van der Waals surface area contributed by atoms with Crippen LogP contribution in [0.5, 0.6) is 5.75 Å². The Morgan fingerprint density at radius 1 is 1.29 bits per heavy atom. The number of halogens is 3. The van der Waals surface area contributed by atoms with E-state index in [1.165, 1.54) is 26.3 Å². The molecule has 0 radical (unpaired) electrons. The molecule has 0 saturated carbocycles.